The molecule has 0 bridgehead atoms. The van der Waals surface area contributed by atoms with E-state index in [1.165, 1.54) is 12.2 Å². The van der Waals surface area contributed by atoms with Crippen molar-refractivity contribution in [3.63, 3.8) is 0 Å². The maximum Gasteiger partial charge on any atom is 1.00 e. The first kappa shape index (κ1) is 30.7. The molecule has 17 nitrogen and oxygen atoms in total. The monoisotopic (exact) mass is 546 g/mol. The van der Waals surface area contributed by atoms with Crippen LogP contribution in [0.1, 0.15) is 18.2 Å². The number of aromatic nitrogens is 2. The minimum Gasteiger partial charge on any atom is -0.390 e. The summed E-state index contributed by atoms with van der Waals surface area (Å²) in [6.45, 7) is -0.778. The van der Waals surface area contributed by atoms with E-state index in [1.54, 1.807) is 0 Å². The number of aliphatic hydroxyl groups is 1. The first-order valence-corrected chi connectivity index (χ1v) is 13.0. The Morgan fingerprint density at radius 1 is 1.18 bits per heavy atom. The summed E-state index contributed by atoms with van der Waals surface area (Å²) in [7, 11) is -16.7. The Morgan fingerprint density at radius 2 is 1.82 bits per heavy atom. The van der Waals surface area contributed by atoms with Crippen molar-refractivity contribution in [2.24, 2.45) is 5.73 Å². The molecule has 1 aromatic rings. The summed E-state index contributed by atoms with van der Waals surface area (Å²) in [4.78, 5) is 61.5. The summed E-state index contributed by atoms with van der Waals surface area (Å²) in [6.07, 6.45) is -0.0802. The van der Waals surface area contributed by atoms with Crippen LogP contribution in [-0.2, 0) is 31.6 Å². The van der Waals surface area contributed by atoms with Crippen molar-refractivity contribution >= 4 is 29.5 Å². The molecule has 1 aliphatic rings. The van der Waals surface area contributed by atoms with Crippen LogP contribution in [0.4, 0.5) is 0 Å². The zero-order chi connectivity index (χ0) is 24.3. The molecule has 21 heteroatoms. The van der Waals surface area contributed by atoms with Gasteiger partial charge < -0.3 is 35.2 Å². The van der Waals surface area contributed by atoms with Gasteiger partial charge in [-0.1, -0.05) is 12.2 Å². The van der Waals surface area contributed by atoms with Crippen LogP contribution in [-0.4, -0.2) is 59.6 Å². The van der Waals surface area contributed by atoms with E-state index in [0.717, 1.165) is 10.8 Å². The number of rotatable bonds is 10. The van der Waals surface area contributed by atoms with Crippen molar-refractivity contribution < 1.29 is 85.8 Å². The van der Waals surface area contributed by atoms with Crippen LogP contribution >= 0.6 is 23.5 Å². The molecule has 2 rings (SSSR count). The van der Waals surface area contributed by atoms with Gasteiger partial charge in [0.15, 0.2) is 0 Å². The molecule has 1 aliphatic heterocycles. The fourth-order valence-corrected chi connectivity index (χ4v) is 5.57. The zero-order valence-electron chi connectivity index (χ0n) is 16.9. The summed E-state index contributed by atoms with van der Waals surface area (Å²) in [5.74, 6) is 0. The number of hydrogen-bond acceptors (Lipinski definition) is 11. The van der Waals surface area contributed by atoms with Crippen molar-refractivity contribution in [2.75, 3.05) is 13.2 Å². The van der Waals surface area contributed by atoms with Gasteiger partial charge in [0.25, 0.3) is 5.56 Å². The van der Waals surface area contributed by atoms with Gasteiger partial charge in [-0.25, -0.2) is 18.5 Å². The van der Waals surface area contributed by atoms with Crippen LogP contribution in [0.25, 0.3) is 6.08 Å². The van der Waals surface area contributed by atoms with Crippen molar-refractivity contribution in [1.82, 2.24) is 9.55 Å². The molecular weight excluding hydrogens is 526 g/mol. The van der Waals surface area contributed by atoms with Gasteiger partial charge in [0.2, 0.25) is 0 Å². The predicted octanol–water partition coefficient (Wildman–Crippen LogP) is -4.50. The normalized spacial score (nSPS) is 24.8. The minimum atomic E-state index is -5.70. The summed E-state index contributed by atoms with van der Waals surface area (Å²) >= 11 is 0. The SMILES string of the molecule is NCC=Cc1cn([C@H]2C[C@H](O)[C@@H](COP(=O)(O)OP(=O)(O)OP(=O)(O)O)O2)c(=O)[nH]c1=O.[Na+]. The summed E-state index contributed by atoms with van der Waals surface area (Å²) in [6, 6.07) is 0. The molecule has 33 heavy (non-hydrogen) atoms. The van der Waals surface area contributed by atoms with Crippen molar-refractivity contribution in [1.29, 1.82) is 0 Å². The second kappa shape index (κ2) is 12.1. The van der Waals surface area contributed by atoms with Crippen LogP contribution in [0.15, 0.2) is 21.9 Å². The van der Waals surface area contributed by atoms with Crippen molar-refractivity contribution in [3.05, 3.63) is 38.7 Å². The molecule has 0 amide bonds. The number of aromatic amines is 1. The van der Waals surface area contributed by atoms with Gasteiger partial charge in [0.05, 0.1) is 18.3 Å². The molecule has 2 unspecified atom stereocenters. The molecule has 1 aromatic heterocycles. The third kappa shape index (κ3) is 9.70. The average molecular weight is 546 g/mol. The molecule has 5 atom stereocenters. The molecule has 1 fully saturated rings. The molecule has 0 saturated carbocycles. The Labute approximate surface area is 206 Å². The predicted molar refractivity (Wildman–Crippen MR) is 104 cm³/mol. The zero-order valence-corrected chi connectivity index (χ0v) is 21.5. The van der Waals surface area contributed by atoms with Crippen molar-refractivity contribution in [3.8, 4) is 0 Å². The number of nitrogens with zero attached hydrogens (tertiary/aromatic N) is 1. The van der Waals surface area contributed by atoms with Crippen LogP contribution in [0.5, 0.6) is 0 Å². The van der Waals surface area contributed by atoms with E-state index in [0.29, 0.717) is 0 Å². The molecule has 0 aromatic carbocycles. The van der Waals surface area contributed by atoms with E-state index >= 15 is 0 Å². The van der Waals surface area contributed by atoms with Crippen molar-refractivity contribution in [2.45, 2.75) is 24.9 Å². The third-order valence-electron chi connectivity index (χ3n) is 3.76. The van der Waals surface area contributed by atoms with Crippen LogP contribution in [0.3, 0.4) is 0 Å². The Morgan fingerprint density at radius 3 is 2.39 bits per heavy atom. The fourth-order valence-electron chi connectivity index (χ4n) is 2.54. The molecule has 0 aliphatic carbocycles. The number of nitrogens with one attached hydrogen (secondary N) is 1. The minimum absolute atomic E-state index is 0. The molecule has 0 spiro atoms. The van der Waals surface area contributed by atoms with Gasteiger partial charge in [-0.05, 0) is 0 Å². The maximum atomic E-state index is 12.1. The standard InChI is InChI=1S/C12H20N3O14P3.Na/c13-3-1-2-7-5-15(12(18)14-11(7)17)10-4-8(16)9(27-10)6-26-31(22,23)29-32(24,25)28-30(19,20)21;/h1-2,5,8-10,16H,3-4,6,13H2,(H,22,23)(H,24,25)(H,14,17,18)(H2,19,20,21);/q;+1/t8-,9+,10+;/m0./s1. The number of phosphoric acid groups is 3. The fraction of sp³-hybridized carbons (Fsp3) is 0.500. The summed E-state index contributed by atoms with van der Waals surface area (Å²) < 4.78 is 51.6. The van der Waals surface area contributed by atoms with Crippen LogP contribution < -0.4 is 46.5 Å². The Balaban J connectivity index is 0.00000544. The summed E-state index contributed by atoms with van der Waals surface area (Å²) in [5.41, 5.74) is 3.81. The summed E-state index contributed by atoms with van der Waals surface area (Å²) in [5, 5.41) is 10.1. The quantitative estimate of drug-likeness (QED) is 0.108. The van der Waals surface area contributed by atoms with E-state index in [4.69, 9.17) is 25.2 Å². The first-order valence-electron chi connectivity index (χ1n) is 8.46. The number of nitrogens with two attached hydrogens (primary N) is 1. The number of H-pyrrole nitrogens is 1. The molecule has 0 radical (unpaired) electrons. The van der Waals surface area contributed by atoms with Crippen LogP contribution in [0, 0.1) is 0 Å². The van der Waals surface area contributed by atoms with Gasteiger partial charge in [-0.15, -0.1) is 0 Å². The van der Waals surface area contributed by atoms with E-state index < -0.39 is 59.8 Å². The maximum absolute atomic E-state index is 12.1. The number of hydrogen-bond donors (Lipinski definition) is 7. The number of aliphatic hydroxyl groups excluding tert-OH is 1. The average Bonchev–Trinajstić information content (AvgIpc) is 2.97. The van der Waals surface area contributed by atoms with Gasteiger partial charge in [-0.2, -0.15) is 8.62 Å². The molecule has 182 valence electrons. The van der Waals surface area contributed by atoms with Gasteiger partial charge in [0, 0.05) is 19.2 Å². The Bertz CT molecular complexity index is 1110. The van der Waals surface area contributed by atoms with E-state index in [9.17, 15) is 33.3 Å². The Kier molecular flexibility index (Phi) is 11.3. The van der Waals surface area contributed by atoms with Gasteiger partial charge >= 0.3 is 58.7 Å². The topological polar surface area (TPSA) is 270 Å². The third-order valence-corrected chi connectivity index (χ3v) is 7.56. The second-order valence-corrected chi connectivity index (χ2v) is 10.6. The molecule has 1 saturated heterocycles. The van der Waals surface area contributed by atoms with Gasteiger partial charge in [-0.3, -0.25) is 18.9 Å². The van der Waals surface area contributed by atoms with E-state index in [2.05, 4.69) is 13.1 Å². The number of ether oxygens (including phenoxy) is 1. The molecule has 2 heterocycles. The number of phosphoric ester groups is 1. The van der Waals surface area contributed by atoms with E-state index in [1.807, 2.05) is 4.98 Å². The first-order chi connectivity index (χ1) is 14.6. The molecular formula is C12H20N3NaO14P3+. The smallest absolute Gasteiger partial charge is 0.390 e. The van der Waals surface area contributed by atoms with E-state index in [-0.39, 0.29) is 48.1 Å². The molecule has 8 N–H and O–H groups in total. The Hall–Kier alpha value is -0.290. The van der Waals surface area contributed by atoms with Crippen LogP contribution in [0.2, 0.25) is 0 Å². The second-order valence-electron chi connectivity index (χ2n) is 6.21. The van der Waals surface area contributed by atoms with Gasteiger partial charge in [0.1, 0.15) is 12.3 Å². The largest absolute Gasteiger partial charge is 1.00 e.